The van der Waals surface area contributed by atoms with Crippen molar-refractivity contribution in [3.63, 3.8) is 0 Å². The van der Waals surface area contributed by atoms with Crippen LogP contribution in [0.15, 0.2) is 23.8 Å². The van der Waals surface area contributed by atoms with E-state index in [0.29, 0.717) is 5.56 Å². The summed E-state index contributed by atoms with van der Waals surface area (Å²) in [5.41, 5.74) is 5.75. The first-order chi connectivity index (χ1) is 5.79. The zero-order chi connectivity index (χ0) is 8.55. The number of nitrogens with two attached hydrogens (primary N) is 1. The van der Waals surface area contributed by atoms with Gasteiger partial charge < -0.3 is 5.73 Å². The highest BCUT2D eigenvalue weighted by molar-refractivity contribution is 7.17. The number of aromatic nitrogens is 1. The Balaban J connectivity index is 0.000000845. The predicted molar refractivity (Wildman–Crippen MR) is 55.4 cm³/mol. The van der Waals surface area contributed by atoms with Gasteiger partial charge in [-0.1, -0.05) is 0 Å². The lowest BCUT2D eigenvalue weighted by Gasteiger charge is -1.90. The fourth-order valence-corrected chi connectivity index (χ4v) is 1.99. The Morgan fingerprint density at radius 2 is 2.31 bits per heavy atom. The van der Waals surface area contributed by atoms with Gasteiger partial charge in [0.25, 0.3) is 0 Å². The van der Waals surface area contributed by atoms with Gasteiger partial charge in [-0.2, -0.15) is 0 Å². The summed E-state index contributed by atoms with van der Waals surface area (Å²) in [4.78, 5) is 14.8. The van der Waals surface area contributed by atoms with Crippen molar-refractivity contribution in [3.8, 4) is 0 Å². The highest BCUT2D eigenvalue weighted by Gasteiger charge is 2.07. The fraction of sp³-hybridized carbons (Fsp3) is 0. The molecule has 0 aromatic carbocycles. The van der Waals surface area contributed by atoms with Gasteiger partial charge in [-0.25, -0.2) is 0 Å². The van der Waals surface area contributed by atoms with Crippen molar-refractivity contribution in [2.45, 2.75) is 0 Å². The van der Waals surface area contributed by atoms with E-state index in [1.165, 1.54) is 11.3 Å². The lowest BCUT2D eigenvalue weighted by atomic mass is 10.2. The van der Waals surface area contributed by atoms with Crippen LogP contribution in [0, 0.1) is 0 Å². The van der Waals surface area contributed by atoms with Crippen LogP contribution in [0.4, 0.5) is 0 Å². The molecule has 0 saturated heterocycles. The molecule has 2 aromatic heterocycles. The normalized spacial score (nSPS) is 9.54. The van der Waals surface area contributed by atoms with E-state index in [9.17, 15) is 4.79 Å². The van der Waals surface area contributed by atoms with Gasteiger partial charge in [-0.3, -0.25) is 9.78 Å². The Labute approximate surface area is 85.0 Å². The zero-order valence-electron chi connectivity index (χ0n) is 6.56. The summed E-state index contributed by atoms with van der Waals surface area (Å²) in [7, 11) is 0. The summed E-state index contributed by atoms with van der Waals surface area (Å²) in [6.45, 7) is 0. The maximum atomic E-state index is 10.9. The first-order valence-corrected chi connectivity index (χ1v) is 4.28. The number of nitrogens with zero attached hydrogens (tertiary/aromatic N) is 1. The van der Waals surface area contributed by atoms with Crippen LogP contribution in [0.2, 0.25) is 0 Å². The molecule has 0 atom stereocenters. The molecule has 1 amide bonds. The van der Waals surface area contributed by atoms with Gasteiger partial charge in [0.2, 0.25) is 5.91 Å². The average molecular weight is 215 g/mol. The molecule has 13 heavy (non-hydrogen) atoms. The molecule has 0 fully saturated rings. The Bertz CT molecular complexity index is 440. The maximum absolute atomic E-state index is 10.9. The van der Waals surface area contributed by atoms with Crippen molar-refractivity contribution in [2.75, 3.05) is 0 Å². The second-order valence-corrected chi connectivity index (χ2v) is 3.30. The monoisotopic (exact) mass is 214 g/mol. The number of hydrogen-bond acceptors (Lipinski definition) is 3. The number of fused-ring (bicyclic) bond motifs is 1. The van der Waals surface area contributed by atoms with E-state index in [1.807, 2.05) is 0 Å². The predicted octanol–water partition coefficient (Wildman–Crippen LogP) is 1.82. The third-order valence-corrected chi connectivity index (χ3v) is 2.58. The molecule has 0 saturated carbocycles. The van der Waals surface area contributed by atoms with Gasteiger partial charge in [-0.15, -0.1) is 23.7 Å². The number of carbonyl (C=O) groups is 1. The highest BCUT2D eigenvalue weighted by Crippen LogP contribution is 2.23. The van der Waals surface area contributed by atoms with Crippen LogP contribution in [0.25, 0.3) is 10.1 Å². The van der Waals surface area contributed by atoms with Gasteiger partial charge in [0.15, 0.2) is 0 Å². The summed E-state index contributed by atoms with van der Waals surface area (Å²) >= 11 is 1.48. The van der Waals surface area contributed by atoms with Crippen molar-refractivity contribution in [2.24, 2.45) is 5.73 Å². The minimum atomic E-state index is -0.382. The molecule has 0 spiro atoms. The van der Waals surface area contributed by atoms with Gasteiger partial charge in [0.1, 0.15) is 0 Å². The molecule has 2 heterocycles. The molecule has 5 heteroatoms. The highest BCUT2D eigenvalue weighted by atomic mass is 35.5. The van der Waals surface area contributed by atoms with Crippen molar-refractivity contribution >= 4 is 39.7 Å². The molecule has 2 rings (SSSR count). The van der Waals surface area contributed by atoms with Crippen LogP contribution < -0.4 is 5.73 Å². The van der Waals surface area contributed by atoms with Gasteiger partial charge in [-0.05, 0) is 6.07 Å². The van der Waals surface area contributed by atoms with Crippen molar-refractivity contribution in [1.82, 2.24) is 4.98 Å². The van der Waals surface area contributed by atoms with Crippen LogP contribution in [0.1, 0.15) is 10.4 Å². The summed E-state index contributed by atoms with van der Waals surface area (Å²) in [5, 5.41) is 2.65. The summed E-state index contributed by atoms with van der Waals surface area (Å²) < 4.78 is 0.992. The standard InChI is InChI=1S/C8H6N2OS.ClH/c9-8(11)6-4-12-7-3-10-2-1-5(6)7;/h1-4H,(H2,9,11);1H. The number of carbonyl (C=O) groups excluding carboxylic acids is 1. The largest absolute Gasteiger partial charge is 0.366 e. The van der Waals surface area contributed by atoms with Gasteiger partial charge in [0, 0.05) is 23.2 Å². The quantitative estimate of drug-likeness (QED) is 0.787. The number of amides is 1. The van der Waals surface area contributed by atoms with Crippen LogP contribution in [-0.2, 0) is 0 Å². The molecule has 0 aliphatic carbocycles. The molecule has 0 bridgehead atoms. The summed E-state index contributed by atoms with van der Waals surface area (Å²) in [5.74, 6) is -0.382. The molecule has 0 aliphatic heterocycles. The number of rotatable bonds is 1. The molecule has 68 valence electrons. The van der Waals surface area contributed by atoms with Crippen LogP contribution in [-0.4, -0.2) is 10.9 Å². The number of hydrogen-bond donors (Lipinski definition) is 1. The zero-order valence-corrected chi connectivity index (χ0v) is 8.19. The Kier molecular flexibility index (Phi) is 2.85. The molecule has 2 N–H and O–H groups in total. The van der Waals surface area contributed by atoms with Crippen molar-refractivity contribution in [3.05, 3.63) is 29.4 Å². The molecule has 2 aromatic rings. The first kappa shape index (κ1) is 9.95. The Hall–Kier alpha value is -1.13. The second kappa shape index (κ2) is 3.72. The maximum Gasteiger partial charge on any atom is 0.250 e. The third kappa shape index (κ3) is 1.64. The minimum Gasteiger partial charge on any atom is -0.366 e. The van der Waals surface area contributed by atoms with E-state index in [4.69, 9.17) is 5.73 Å². The van der Waals surface area contributed by atoms with Crippen molar-refractivity contribution < 1.29 is 4.79 Å². The van der Waals surface area contributed by atoms with E-state index in [1.54, 1.807) is 23.8 Å². The van der Waals surface area contributed by atoms with Crippen LogP contribution >= 0.6 is 23.7 Å². The summed E-state index contributed by atoms with van der Waals surface area (Å²) in [6, 6.07) is 1.80. The minimum absolute atomic E-state index is 0. The fourth-order valence-electron chi connectivity index (χ4n) is 1.07. The Morgan fingerprint density at radius 3 is 3.00 bits per heavy atom. The van der Waals surface area contributed by atoms with Crippen molar-refractivity contribution in [1.29, 1.82) is 0 Å². The van der Waals surface area contributed by atoms with E-state index in [0.717, 1.165) is 10.1 Å². The van der Waals surface area contributed by atoms with Crippen LogP contribution in [0.5, 0.6) is 0 Å². The van der Waals surface area contributed by atoms with E-state index in [2.05, 4.69) is 4.98 Å². The smallest absolute Gasteiger partial charge is 0.250 e. The topological polar surface area (TPSA) is 56.0 Å². The second-order valence-electron chi connectivity index (χ2n) is 2.39. The third-order valence-electron chi connectivity index (χ3n) is 1.64. The number of thiophene rings is 1. The van der Waals surface area contributed by atoms with E-state index in [-0.39, 0.29) is 18.3 Å². The molecule has 0 aliphatic rings. The molecular weight excluding hydrogens is 208 g/mol. The van der Waals surface area contributed by atoms with E-state index < -0.39 is 0 Å². The SMILES string of the molecule is Cl.NC(=O)c1csc2cnccc12. The number of halogens is 1. The average Bonchev–Trinajstić information content (AvgIpc) is 2.47. The van der Waals surface area contributed by atoms with Gasteiger partial charge >= 0.3 is 0 Å². The number of pyridine rings is 1. The molecule has 0 unspecified atom stereocenters. The molecule has 3 nitrogen and oxygen atoms in total. The van der Waals surface area contributed by atoms with Gasteiger partial charge in [0.05, 0.1) is 10.3 Å². The number of primary amides is 1. The van der Waals surface area contributed by atoms with E-state index >= 15 is 0 Å². The molecular formula is C8H7ClN2OS. The van der Waals surface area contributed by atoms with Crippen LogP contribution in [0.3, 0.4) is 0 Å². The lowest BCUT2D eigenvalue weighted by Crippen LogP contribution is -2.09. The summed E-state index contributed by atoms with van der Waals surface area (Å²) in [6.07, 6.45) is 3.38. The lowest BCUT2D eigenvalue weighted by molar-refractivity contribution is 0.100. The first-order valence-electron chi connectivity index (χ1n) is 3.40. The molecule has 0 radical (unpaired) electrons. The Morgan fingerprint density at radius 1 is 1.54 bits per heavy atom.